The van der Waals surface area contributed by atoms with Crippen molar-refractivity contribution >= 4 is 11.8 Å². The number of carbonyl (C=O) groups is 2. The van der Waals surface area contributed by atoms with E-state index in [1.807, 2.05) is 28.0 Å². The lowest BCUT2D eigenvalue weighted by Crippen LogP contribution is -2.51. The quantitative estimate of drug-likeness (QED) is 0.781. The van der Waals surface area contributed by atoms with Gasteiger partial charge in [0.25, 0.3) is 0 Å². The van der Waals surface area contributed by atoms with Crippen molar-refractivity contribution in [3.05, 3.63) is 35.9 Å². The monoisotopic (exact) mass is 357 g/mol. The van der Waals surface area contributed by atoms with E-state index in [-0.39, 0.29) is 17.7 Å². The van der Waals surface area contributed by atoms with Crippen LogP contribution in [0.3, 0.4) is 0 Å². The summed E-state index contributed by atoms with van der Waals surface area (Å²) < 4.78 is 0. The molecule has 5 heteroatoms. The maximum atomic E-state index is 12.8. The Morgan fingerprint density at radius 1 is 1.12 bits per heavy atom. The van der Waals surface area contributed by atoms with E-state index in [1.54, 1.807) is 0 Å². The first kappa shape index (κ1) is 18.9. The van der Waals surface area contributed by atoms with Crippen LogP contribution < -0.4 is 0 Å². The summed E-state index contributed by atoms with van der Waals surface area (Å²) in [6.45, 7) is 10.3. The fourth-order valence-corrected chi connectivity index (χ4v) is 3.99. The lowest BCUT2D eigenvalue weighted by atomic mass is 10.1. The molecule has 26 heavy (non-hydrogen) atoms. The molecule has 2 fully saturated rings. The van der Waals surface area contributed by atoms with Gasteiger partial charge >= 0.3 is 0 Å². The van der Waals surface area contributed by atoms with E-state index in [0.29, 0.717) is 25.4 Å². The van der Waals surface area contributed by atoms with Gasteiger partial charge < -0.3 is 9.80 Å². The molecule has 0 radical (unpaired) electrons. The van der Waals surface area contributed by atoms with E-state index in [4.69, 9.17) is 0 Å². The predicted octanol–water partition coefficient (Wildman–Crippen LogP) is 1.88. The number of nitrogens with zero attached hydrogens (tertiary/aromatic N) is 3. The van der Waals surface area contributed by atoms with Crippen LogP contribution in [0.4, 0.5) is 0 Å². The molecule has 0 unspecified atom stereocenters. The topological polar surface area (TPSA) is 43.9 Å². The number of piperazine rings is 1. The Hall–Kier alpha value is -1.88. The van der Waals surface area contributed by atoms with Crippen molar-refractivity contribution in [1.29, 1.82) is 0 Å². The summed E-state index contributed by atoms with van der Waals surface area (Å²) in [6, 6.07) is 10.2. The molecule has 1 aromatic carbocycles. The number of likely N-dealkylation sites (tertiary alicyclic amines) is 1. The Bertz CT molecular complexity index is 609. The van der Waals surface area contributed by atoms with E-state index < -0.39 is 0 Å². The zero-order valence-electron chi connectivity index (χ0n) is 16.1. The van der Waals surface area contributed by atoms with Crippen LogP contribution in [0, 0.1) is 11.8 Å². The van der Waals surface area contributed by atoms with Crippen LogP contribution in [0.5, 0.6) is 0 Å². The van der Waals surface area contributed by atoms with E-state index in [2.05, 4.69) is 30.9 Å². The van der Waals surface area contributed by atoms with E-state index in [1.165, 1.54) is 5.56 Å². The van der Waals surface area contributed by atoms with Crippen molar-refractivity contribution in [1.82, 2.24) is 14.7 Å². The SMILES string of the molecule is CC(C)CN1CCN(C(=O)[C@H]2CC(=O)N(CCc3ccccc3)C2)CC1. The molecule has 1 atom stereocenters. The molecule has 0 saturated carbocycles. The molecule has 2 amide bonds. The van der Waals surface area contributed by atoms with Crippen LogP contribution in [0.15, 0.2) is 30.3 Å². The highest BCUT2D eigenvalue weighted by molar-refractivity contribution is 5.89. The Morgan fingerprint density at radius 3 is 2.46 bits per heavy atom. The first-order valence-electron chi connectivity index (χ1n) is 9.85. The zero-order chi connectivity index (χ0) is 18.5. The maximum absolute atomic E-state index is 12.8. The van der Waals surface area contributed by atoms with Crippen molar-refractivity contribution in [2.24, 2.45) is 11.8 Å². The van der Waals surface area contributed by atoms with Crippen molar-refractivity contribution in [3.63, 3.8) is 0 Å². The van der Waals surface area contributed by atoms with Gasteiger partial charge in [-0.25, -0.2) is 0 Å². The molecule has 2 aliphatic heterocycles. The lowest BCUT2D eigenvalue weighted by molar-refractivity contribution is -0.137. The van der Waals surface area contributed by atoms with Gasteiger partial charge in [-0.1, -0.05) is 44.2 Å². The van der Waals surface area contributed by atoms with Gasteiger partial charge in [0.05, 0.1) is 5.92 Å². The number of carbonyl (C=O) groups excluding carboxylic acids is 2. The van der Waals surface area contributed by atoms with Gasteiger partial charge in [0, 0.05) is 52.2 Å². The van der Waals surface area contributed by atoms with E-state index in [9.17, 15) is 9.59 Å². The highest BCUT2D eigenvalue weighted by Gasteiger charge is 2.37. The maximum Gasteiger partial charge on any atom is 0.228 e. The third-order valence-corrected chi connectivity index (χ3v) is 5.38. The molecule has 142 valence electrons. The minimum absolute atomic E-state index is 0.123. The Balaban J connectivity index is 1.46. The molecule has 1 aromatic rings. The second-order valence-corrected chi connectivity index (χ2v) is 8.00. The summed E-state index contributed by atoms with van der Waals surface area (Å²) in [4.78, 5) is 31.4. The van der Waals surface area contributed by atoms with E-state index >= 15 is 0 Å². The molecular weight excluding hydrogens is 326 g/mol. The van der Waals surface area contributed by atoms with Crippen LogP contribution in [-0.2, 0) is 16.0 Å². The number of benzene rings is 1. The second-order valence-electron chi connectivity index (χ2n) is 8.00. The summed E-state index contributed by atoms with van der Waals surface area (Å²) >= 11 is 0. The molecular formula is C21H31N3O2. The van der Waals surface area contributed by atoms with Gasteiger partial charge in [-0.2, -0.15) is 0 Å². The van der Waals surface area contributed by atoms with Crippen LogP contribution in [0.25, 0.3) is 0 Å². The number of amides is 2. The summed E-state index contributed by atoms with van der Waals surface area (Å²) in [5, 5.41) is 0. The molecule has 2 saturated heterocycles. The van der Waals surface area contributed by atoms with Crippen LogP contribution in [0.1, 0.15) is 25.8 Å². The normalized spacial score (nSPS) is 21.7. The average Bonchev–Trinajstić information content (AvgIpc) is 3.01. The van der Waals surface area contributed by atoms with Crippen LogP contribution >= 0.6 is 0 Å². The predicted molar refractivity (Wildman–Crippen MR) is 103 cm³/mol. The Morgan fingerprint density at radius 2 is 1.81 bits per heavy atom. The summed E-state index contributed by atoms with van der Waals surface area (Å²) in [5.41, 5.74) is 1.23. The third kappa shape index (κ3) is 4.85. The molecule has 0 N–H and O–H groups in total. The zero-order valence-corrected chi connectivity index (χ0v) is 16.1. The first-order valence-corrected chi connectivity index (χ1v) is 9.85. The van der Waals surface area contributed by atoms with Crippen molar-refractivity contribution < 1.29 is 9.59 Å². The van der Waals surface area contributed by atoms with Gasteiger partial charge in [-0.05, 0) is 17.9 Å². The van der Waals surface area contributed by atoms with Crippen molar-refractivity contribution in [2.75, 3.05) is 45.8 Å². The van der Waals surface area contributed by atoms with Crippen LogP contribution in [0.2, 0.25) is 0 Å². The van der Waals surface area contributed by atoms with Gasteiger partial charge in [-0.3, -0.25) is 14.5 Å². The van der Waals surface area contributed by atoms with Crippen LogP contribution in [-0.4, -0.2) is 72.3 Å². The highest BCUT2D eigenvalue weighted by atomic mass is 16.2. The van der Waals surface area contributed by atoms with E-state index in [0.717, 1.165) is 39.1 Å². The first-order chi connectivity index (χ1) is 12.5. The lowest BCUT2D eigenvalue weighted by Gasteiger charge is -2.36. The molecule has 5 nitrogen and oxygen atoms in total. The minimum Gasteiger partial charge on any atom is -0.342 e. The molecule has 0 aliphatic carbocycles. The van der Waals surface area contributed by atoms with Gasteiger partial charge in [0.15, 0.2) is 0 Å². The Kier molecular flexibility index (Phi) is 6.30. The molecule has 3 rings (SSSR count). The molecule has 2 heterocycles. The second kappa shape index (κ2) is 8.67. The number of hydrogen-bond donors (Lipinski definition) is 0. The highest BCUT2D eigenvalue weighted by Crippen LogP contribution is 2.21. The summed E-state index contributed by atoms with van der Waals surface area (Å²) in [7, 11) is 0. The Labute approximate surface area is 156 Å². The average molecular weight is 357 g/mol. The summed E-state index contributed by atoms with van der Waals surface area (Å²) in [5.74, 6) is 0.792. The van der Waals surface area contributed by atoms with Gasteiger partial charge in [0.1, 0.15) is 0 Å². The standard InChI is InChI=1S/C21H31N3O2/c1-17(2)15-22-10-12-23(13-11-22)21(26)19-14-20(25)24(16-19)9-8-18-6-4-3-5-7-18/h3-7,17,19H,8-16H2,1-2H3/t19-/m0/s1. The van der Waals surface area contributed by atoms with Crippen molar-refractivity contribution in [3.8, 4) is 0 Å². The van der Waals surface area contributed by atoms with Gasteiger partial charge in [0.2, 0.25) is 11.8 Å². The fourth-order valence-electron chi connectivity index (χ4n) is 3.99. The third-order valence-electron chi connectivity index (χ3n) is 5.38. The minimum atomic E-state index is -0.157. The summed E-state index contributed by atoms with van der Waals surface area (Å²) in [6.07, 6.45) is 1.22. The number of hydrogen-bond acceptors (Lipinski definition) is 3. The number of rotatable bonds is 6. The largest absolute Gasteiger partial charge is 0.342 e. The molecule has 0 bridgehead atoms. The van der Waals surface area contributed by atoms with Gasteiger partial charge in [-0.15, -0.1) is 0 Å². The molecule has 2 aliphatic rings. The fraction of sp³-hybridized carbons (Fsp3) is 0.619. The smallest absolute Gasteiger partial charge is 0.228 e. The van der Waals surface area contributed by atoms with Crippen molar-refractivity contribution in [2.45, 2.75) is 26.7 Å². The molecule has 0 aromatic heterocycles. The molecule has 0 spiro atoms.